The highest BCUT2D eigenvalue weighted by Gasteiger charge is 2.63. The van der Waals surface area contributed by atoms with Crippen LogP contribution in [0.1, 0.15) is 65.2 Å². The summed E-state index contributed by atoms with van der Waals surface area (Å²) in [5, 5.41) is 13.9. The molecule has 0 aromatic rings. The molecule has 1 saturated heterocycles. The van der Waals surface area contributed by atoms with Crippen molar-refractivity contribution in [2.75, 3.05) is 0 Å². The lowest BCUT2D eigenvalue weighted by Crippen LogP contribution is -2.59. The van der Waals surface area contributed by atoms with E-state index in [2.05, 4.69) is 19.2 Å². The van der Waals surface area contributed by atoms with Gasteiger partial charge in [-0.25, -0.2) is 0 Å². The van der Waals surface area contributed by atoms with Crippen molar-refractivity contribution < 1.29 is 9.90 Å². The maximum absolute atomic E-state index is 12.6. The Morgan fingerprint density at radius 3 is 2.68 bits per heavy atom. The Morgan fingerprint density at radius 1 is 1.32 bits per heavy atom. The van der Waals surface area contributed by atoms with Crippen molar-refractivity contribution >= 4 is 5.91 Å². The first-order valence-corrected chi connectivity index (χ1v) is 8.77. The zero-order valence-electron chi connectivity index (χ0n) is 13.7. The second-order valence-corrected chi connectivity index (χ2v) is 8.71. The van der Waals surface area contributed by atoms with E-state index in [0.717, 1.165) is 38.5 Å². The normalized spacial score (nSPS) is 46.6. The molecule has 0 bridgehead atoms. The Labute approximate surface area is 132 Å². The van der Waals surface area contributed by atoms with Gasteiger partial charge in [-0.2, -0.15) is 0 Å². The molecule has 4 unspecified atom stereocenters. The highest BCUT2D eigenvalue weighted by Crippen LogP contribution is 2.56. The first-order chi connectivity index (χ1) is 10.3. The molecule has 4 rings (SSSR count). The Balaban J connectivity index is 1.67. The largest absolute Gasteiger partial charge is 0.393 e. The zero-order chi connectivity index (χ0) is 15.8. The number of hydrogen-bond donors (Lipinski definition) is 3. The third kappa shape index (κ3) is 1.93. The molecule has 22 heavy (non-hydrogen) atoms. The van der Waals surface area contributed by atoms with Gasteiger partial charge in [0, 0.05) is 11.5 Å². The molecule has 0 aromatic carbocycles. The molecule has 1 spiro atoms. The molecule has 2 saturated carbocycles. The summed E-state index contributed by atoms with van der Waals surface area (Å²) in [6.07, 6.45) is 7.37. The summed E-state index contributed by atoms with van der Waals surface area (Å²) < 4.78 is 0. The van der Waals surface area contributed by atoms with Gasteiger partial charge in [-0.1, -0.05) is 18.1 Å². The molecule has 4 aliphatic rings. The number of carbonyl (C=O) groups excluding carboxylic acids is 1. The fourth-order valence-electron chi connectivity index (χ4n) is 5.49. The lowest BCUT2D eigenvalue weighted by Gasteiger charge is -2.49. The van der Waals surface area contributed by atoms with Crippen molar-refractivity contribution in [3.8, 4) is 0 Å². The van der Waals surface area contributed by atoms with Gasteiger partial charge in [-0.3, -0.25) is 4.79 Å². The number of allylic oxidation sites excluding steroid dienone is 2. The van der Waals surface area contributed by atoms with Crippen LogP contribution in [0.3, 0.4) is 0 Å². The molecule has 1 aliphatic heterocycles. The summed E-state index contributed by atoms with van der Waals surface area (Å²) >= 11 is 0. The summed E-state index contributed by atoms with van der Waals surface area (Å²) in [6.45, 7) is 4.51. The predicted octanol–water partition coefficient (Wildman–Crippen LogP) is 2.01. The van der Waals surface area contributed by atoms with Crippen molar-refractivity contribution in [3.63, 3.8) is 0 Å². The fourth-order valence-corrected chi connectivity index (χ4v) is 5.49. The van der Waals surface area contributed by atoms with Crippen LogP contribution >= 0.6 is 0 Å². The van der Waals surface area contributed by atoms with Gasteiger partial charge in [-0.05, 0) is 63.7 Å². The molecular formula is C18H28N2O2. The van der Waals surface area contributed by atoms with Crippen molar-refractivity contribution in [2.45, 2.75) is 82.4 Å². The summed E-state index contributed by atoms with van der Waals surface area (Å²) in [5.74, 6) is -0.171. The van der Waals surface area contributed by atoms with Gasteiger partial charge in [-0.15, -0.1) is 0 Å². The van der Waals surface area contributed by atoms with Gasteiger partial charge >= 0.3 is 0 Å². The van der Waals surface area contributed by atoms with Gasteiger partial charge in [0.2, 0.25) is 5.91 Å². The maximum atomic E-state index is 12.6. The molecular weight excluding hydrogens is 276 g/mol. The summed E-state index contributed by atoms with van der Waals surface area (Å²) in [6, 6.07) is 0. The number of aliphatic hydroxyl groups excluding tert-OH is 1. The van der Waals surface area contributed by atoms with E-state index in [4.69, 9.17) is 5.73 Å². The molecule has 4 N–H and O–H groups in total. The first-order valence-electron chi connectivity index (χ1n) is 8.77. The van der Waals surface area contributed by atoms with Crippen LogP contribution in [-0.2, 0) is 4.79 Å². The fraction of sp³-hybridized carbons (Fsp3) is 0.833. The topological polar surface area (TPSA) is 75.3 Å². The maximum Gasteiger partial charge on any atom is 0.241 e. The van der Waals surface area contributed by atoms with Crippen LogP contribution in [0.15, 0.2) is 11.1 Å². The molecule has 1 amide bonds. The molecule has 0 aromatic heterocycles. The van der Waals surface area contributed by atoms with Gasteiger partial charge < -0.3 is 16.2 Å². The minimum absolute atomic E-state index is 0.0354. The molecule has 3 fully saturated rings. The Kier molecular flexibility index (Phi) is 2.91. The summed E-state index contributed by atoms with van der Waals surface area (Å²) in [7, 11) is 0. The van der Waals surface area contributed by atoms with Crippen LogP contribution in [0.2, 0.25) is 0 Å². The van der Waals surface area contributed by atoms with Crippen LogP contribution in [0.5, 0.6) is 0 Å². The monoisotopic (exact) mass is 304 g/mol. The highest BCUT2D eigenvalue weighted by molar-refractivity contribution is 5.90. The molecule has 1 heterocycles. The van der Waals surface area contributed by atoms with Crippen LogP contribution < -0.4 is 11.1 Å². The third-order valence-corrected chi connectivity index (χ3v) is 7.02. The number of hydrogen-bond acceptors (Lipinski definition) is 3. The lowest BCUT2D eigenvalue weighted by molar-refractivity contribution is -0.128. The molecule has 4 atom stereocenters. The van der Waals surface area contributed by atoms with Gasteiger partial charge in [0.1, 0.15) is 5.54 Å². The summed E-state index contributed by atoms with van der Waals surface area (Å²) in [4.78, 5) is 12.6. The third-order valence-electron chi connectivity index (χ3n) is 7.02. The van der Waals surface area contributed by atoms with E-state index < -0.39 is 11.6 Å². The minimum Gasteiger partial charge on any atom is -0.393 e. The number of fused-ring (bicyclic) bond motifs is 1. The highest BCUT2D eigenvalue weighted by atomic mass is 16.3. The average molecular weight is 304 g/mol. The van der Waals surface area contributed by atoms with Crippen molar-refractivity contribution in [2.24, 2.45) is 17.1 Å². The Bertz CT molecular complexity index is 565. The zero-order valence-corrected chi connectivity index (χ0v) is 13.7. The van der Waals surface area contributed by atoms with Gasteiger partial charge in [0.25, 0.3) is 0 Å². The van der Waals surface area contributed by atoms with Crippen molar-refractivity contribution in [3.05, 3.63) is 11.1 Å². The van der Waals surface area contributed by atoms with Crippen LogP contribution in [0.25, 0.3) is 0 Å². The standard InChI is InChI=1S/C18H28N2O2/c1-11-4-3-5-16(2)9-14(21)13(8-12(11)16)18(19)10-17(6-7-17)20-15(18)22/h13-14,21H,3-10,19H2,1-2H3,(H,20,22). The number of amides is 1. The first kappa shape index (κ1) is 14.7. The molecule has 4 nitrogen and oxygen atoms in total. The number of rotatable bonds is 1. The van der Waals surface area contributed by atoms with E-state index >= 15 is 0 Å². The number of nitrogens with one attached hydrogen (secondary N) is 1. The summed E-state index contributed by atoms with van der Waals surface area (Å²) in [5.41, 5.74) is 8.73. The molecule has 4 heteroatoms. The lowest BCUT2D eigenvalue weighted by atomic mass is 9.57. The number of aliphatic hydroxyl groups is 1. The van der Waals surface area contributed by atoms with E-state index in [-0.39, 0.29) is 22.8 Å². The average Bonchev–Trinajstić information content (AvgIpc) is 3.10. The predicted molar refractivity (Wildman–Crippen MR) is 85.0 cm³/mol. The van der Waals surface area contributed by atoms with Crippen LogP contribution in [0.4, 0.5) is 0 Å². The van der Waals surface area contributed by atoms with E-state index in [1.807, 2.05) is 0 Å². The minimum atomic E-state index is -0.887. The Hall–Kier alpha value is -0.870. The van der Waals surface area contributed by atoms with E-state index in [9.17, 15) is 9.90 Å². The molecule has 0 radical (unpaired) electrons. The smallest absolute Gasteiger partial charge is 0.241 e. The van der Waals surface area contributed by atoms with Crippen molar-refractivity contribution in [1.82, 2.24) is 5.32 Å². The SMILES string of the molecule is CC1=C2CC(C3(N)CC4(CC4)NC3=O)C(O)CC2(C)CCC1. The quantitative estimate of drug-likeness (QED) is 0.649. The van der Waals surface area contributed by atoms with Crippen molar-refractivity contribution in [1.29, 1.82) is 0 Å². The second-order valence-electron chi connectivity index (χ2n) is 8.71. The van der Waals surface area contributed by atoms with Crippen LogP contribution in [0, 0.1) is 11.3 Å². The van der Waals surface area contributed by atoms with E-state index in [1.165, 1.54) is 17.6 Å². The van der Waals surface area contributed by atoms with Crippen LogP contribution in [-0.4, -0.2) is 28.2 Å². The number of carbonyl (C=O) groups is 1. The van der Waals surface area contributed by atoms with Gasteiger partial charge in [0.15, 0.2) is 0 Å². The molecule has 122 valence electrons. The second kappa shape index (κ2) is 4.35. The van der Waals surface area contributed by atoms with E-state index in [0.29, 0.717) is 6.42 Å². The Morgan fingerprint density at radius 2 is 2.05 bits per heavy atom. The number of nitrogens with two attached hydrogens (primary N) is 1. The van der Waals surface area contributed by atoms with Gasteiger partial charge in [0.05, 0.1) is 6.10 Å². The molecule has 3 aliphatic carbocycles. The van der Waals surface area contributed by atoms with E-state index in [1.54, 1.807) is 0 Å².